The van der Waals surface area contributed by atoms with Gasteiger partial charge in [0, 0.05) is 0 Å². The molecule has 0 radical (unpaired) electrons. The summed E-state index contributed by atoms with van der Waals surface area (Å²) >= 11 is 1.81. The minimum atomic E-state index is 0.425. The molecule has 0 aromatic rings. The Kier molecular flexibility index (Phi) is 3.60. The van der Waals surface area contributed by atoms with E-state index in [-0.39, 0.29) is 0 Å². The maximum Gasteiger partial charge on any atom is 0.0846 e. The van der Waals surface area contributed by atoms with Gasteiger partial charge in [-0.25, -0.2) is 0 Å². The molecule has 66 valence electrons. The number of nitrogens with zero attached hydrogens (tertiary/aromatic N) is 1. The number of aliphatic imine (C=N–C) groups is 1. The molecule has 2 rings (SSSR count). The summed E-state index contributed by atoms with van der Waals surface area (Å²) < 4.78 is 0. The van der Waals surface area contributed by atoms with Crippen molar-refractivity contribution in [2.24, 2.45) is 4.99 Å². The fourth-order valence-electron chi connectivity index (χ4n) is 1.20. The van der Waals surface area contributed by atoms with Gasteiger partial charge in [0.15, 0.2) is 0 Å². The summed E-state index contributed by atoms with van der Waals surface area (Å²) in [5.41, 5.74) is 3.31. The van der Waals surface area contributed by atoms with Crippen LogP contribution in [0.2, 0.25) is 0 Å². The third kappa shape index (κ3) is 2.01. The minimum absolute atomic E-state index is 0.425. The zero-order valence-corrected chi connectivity index (χ0v) is 8.64. The molecule has 1 aliphatic carbocycles. The first kappa shape index (κ1) is 9.59. The molecule has 1 aliphatic heterocycles. The largest absolute Gasteiger partial charge is 0.277 e. The van der Waals surface area contributed by atoms with Gasteiger partial charge >= 0.3 is 0 Å². The fourth-order valence-corrected chi connectivity index (χ4v) is 2.17. The third-order valence-corrected chi connectivity index (χ3v) is 2.74. The normalized spacial score (nSPS) is 30.4. The highest BCUT2D eigenvalue weighted by molar-refractivity contribution is 8.13. The van der Waals surface area contributed by atoms with Crippen LogP contribution in [0.25, 0.3) is 0 Å². The van der Waals surface area contributed by atoms with Crippen molar-refractivity contribution in [1.29, 1.82) is 0 Å². The van der Waals surface area contributed by atoms with Crippen LogP contribution in [0.1, 0.15) is 20.8 Å². The Hall–Kier alpha value is -0.500. The zero-order chi connectivity index (χ0) is 8.97. The molecular formula is C10H15NS. The highest BCUT2D eigenvalue weighted by Crippen LogP contribution is 2.28. The van der Waals surface area contributed by atoms with E-state index in [1.807, 2.05) is 31.2 Å². The summed E-state index contributed by atoms with van der Waals surface area (Å²) in [6.07, 6.45) is 6.60. The molecule has 1 heterocycles. The summed E-state index contributed by atoms with van der Waals surface area (Å²) in [5.74, 6) is 0. The lowest BCUT2D eigenvalue weighted by Gasteiger charge is -2.13. The van der Waals surface area contributed by atoms with Gasteiger partial charge in [0.25, 0.3) is 0 Å². The summed E-state index contributed by atoms with van der Waals surface area (Å²) in [6, 6.07) is 0.425. The fraction of sp³-hybridized carbons (Fsp3) is 0.500. The van der Waals surface area contributed by atoms with Crippen LogP contribution in [0.3, 0.4) is 0 Å². The number of rotatable bonds is 0. The van der Waals surface area contributed by atoms with E-state index in [1.165, 1.54) is 5.57 Å². The summed E-state index contributed by atoms with van der Waals surface area (Å²) in [5, 5.41) is 0.588. The van der Waals surface area contributed by atoms with Gasteiger partial charge in [0.05, 0.1) is 16.8 Å². The van der Waals surface area contributed by atoms with E-state index < -0.39 is 0 Å². The molecule has 0 saturated heterocycles. The molecule has 0 saturated carbocycles. The highest BCUT2D eigenvalue weighted by atomic mass is 32.2. The highest BCUT2D eigenvalue weighted by Gasteiger charge is 2.22. The van der Waals surface area contributed by atoms with Gasteiger partial charge in [-0.2, -0.15) is 0 Å². The van der Waals surface area contributed by atoms with E-state index in [1.54, 1.807) is 0 Å². The van der Waals surface area contributed by atoms with Crippen LogP contribution in [0.4, 0.5) is 0 Å². The van der Waals surface area contributed by atoms with Crippen molar-refractivity contribution >= 4 is 17.3 Å². The van der Waals surface area contributed by atoms with Crippen molar-refractivity contribution in [2.45, 2.75) is 32.1 Å². The number of fused-ring (bicyclic) bond motifs is 1. The van der Waals surface area contributed by atoms with Crippen molar-refractivity contribution in [3.05, 3.63) is 23.8 Å². The van der Waals surface area contributed by atoms with Gasteiger partial charge in [0.1, 0.15) is 0 Å². The van der Waals surface area contributed by atoms with Crippen molar-refractivity contribution in [3.63, 3.8) is 0 Å². The molecule has 0 amide bonds. The molecule has 2 atom stereocenters. The van der Waals surface area contributed by atoms with Crippen LogP contribution < -0.4 is 0 Å². The molecule has 0 fully saturated rings. The first-order chi connectivity index (χ1) is 5.86. The Morgan fingerprint density at radius 3 is 2.92 bits per heavy atom. The van der Waals surface area contributed by atoms with E-state index in [9.17, 15) is 0 Å². The molecule has 0 bridgehead atoms. The molecule has 1 nitrogen and oxygen atoms in total. The van der Waals surface area contributed by atoms with Crippen molar-refractivity contribution in [2.75, 3.05) is 0 Å². The number of hydrogen-bond donors (Lipinski definition) is 0. The number of allylic oxidation sites excluding steroid dienone is 2. The quantitative estimate of drug-likeness (QED) is 0.559. The third-order valence-electron chi connectivity index (χ3n) is 1.77. The smallest absolute Gasteiger partial charge is 0.0846 e. The van der Waals surface area contributed by atoms with Crippen LogP contribution in [0.5, 0.6) is 0 Å². The molecule has 2 unspecified atom stereocenters. The Morgan fingerprint density at radius 2 is 2.17 bits per heavy atom. The number of thioether (sulfide) groups is 1. The minimum Gasteiger partial charge on any atom is -0.277 e. The Bertz CT molecular complexity index is 228. The van der Waals surface area contributed by atoms with Gasteiger partial charge in [-0.15, -0.1) is 11.8 Å². The van der Waals surface area contributed by atoms with Crippen molar-refractivity contribution in [1.82, 2.24) is 0 Å². The molecule has 2 aliphatic rings. The van der Waals surface area contributed by atoms with Crippen molar-refractivity contribution < 1.29 is 0 Å². The maximum absolute atomic E-state index is 4.30. The molecule has 0 aromatic heterocycles. The Labute approximate surface area is 78.7 Å². The Morgan fingerprint density at radius 1 is 1.42 bits per heavy atom. The maximum atomic E-state index is 4.30. The second-order valence-electron chi connectivity index (χ2n) is 2.62. The van der Waals surface area contributed by atoms with Crippen LogP contribution in [0.15, 0.2) is 28.8 Å². The number of hydrogen-bond acceptors (Lipinski definition) is 2. The van der Waals surface area contributed by atoms with Crippen LogP contribution in [0, 0.1) is 0 Å². The lowest BCUT2D eigenvalue weighted by atomic mass is 10.0. The molecular weight excluding hydrogens is 166 g/mol. The van der Waals surface area contributed by atoms with E-state index in [4.69, 9.17) is 0 Å². The molecule has 0 aromatic carbocycles. The van der Waals surface area contributed by atoms with E-state index in [0.29, 0.717) is 11.3 Å². The predicted molar refractivity (Wildman–Crippen MR) is 57.9 cm³/mol. The topological polar surface area (TPSA) is 12.4 Å². The van der Waals surface area contributed by atoms with Crippen molar-refractivity contribution in [3.8, 4) is 0 Å². The van der Waals surface area contributed by atoms with Gasteiger partial charge < -0.3 is 0 Å². The van der Waals surface area contributed by atoms with E-state index in [2.05, 4.69) is 30.1 Å². The van der Waals surface area contributed by atoms with Gasteiger partial charge in [-0.3, -0.25) is 4.99 Å². The van der Waals surface area contributed by atoms with Crippen LogP contribution >= 0.6 is 11.8 Å². The standard InChI is InChI=1S/C8H9NS.C2H6/c1-6-2-3-7-8(4-6)10-5-9-7;1-2/h2-5,7-8H,1H3;1-2H3. The predicted octanol–water partition coefficient (Wildman–Crippen LogP) is 3.04. The van der Waals surface area contributed by atoms with E-state index >= 15 is 0 Å². The lowest BCUT2D eigenvalue weighted by molar-refractivity contribution is 0.856. The van der Waals surface area contributed by atoms with Gasteiger partial charge in [-0.1, -0.05) is 37.6 Å². The molecule has 12 heavy (non-hydrogen) atoms. The first-order valence-corrected chi connectivity index (χ1v) is 5.34. The monoisotopic (exact) mass is 181 g/mol. The van der Waals surface area contributed by atoms with Crippen LogP contribution in [-0.4, -0.2) is 16.8 Å². The summed E-state index contributed by atoms with van der Waals surface area (Å²) in [6.45, 7) is 6.13. The summed E-state index contributed by atoms with van der Waals surface area (Å²) in [7, 11) is 0. The first-order valence-electron chi connectivity index (χ1n) is 4.40. The molecule has 0 N–H and O–H groups in total. The average Bonchev–Trinajstić information content (AvgIpc) is 2.54. The van der Waals surface area contributed by atoms with E-state index in [0.717, 1.165) is 0 Å². The second-order valence-corrected chi connectivity index (χ2v) is 3.64. The van der Waals surface area contributed by atoms with Gasteiger partial charge in [0.2, 0.25) is 0 Å². The van der Waals surface area contributed by atoms with Crippen LogP contribution in [-0.2, 0) is 0 Å². The summed E-state index contributed by atoms with van der Waals surface area (Å²) in [4.78, 5) is 4.30. The van der Waals surface area contributed by atoms with Gasteiger partial charge in [-0.05, 0) is 6.92 Å². The lowest BCUT2D eigenvalue weighted by Crippen LogP contribution is -2.14. The SMILES string of the molecule is CC.CC1=CC2SC=NC2C=C1. The Balaban J connectivity index is 0.000000336. The zero-order valence-electron chi connectivity index (χ0n) is 7.82. The molecule has 2 heteroatoms. The molecule has 0 spiro atoms. The average molecular weight is 181 g/mol. The second kappa shape index (κ2) is 4.51.